The second kappa shape index (κ2) is 10.5. The fourth-order valence-corrected chi connectivity index (χ4v) is 10.5. The number of carbonyl (C=O) groups is 3. The van der Waals surface area contributed by atoms with Gasteiger partial charge >= 0.3 is 17.9 Å². The minimum atomic E-state index is -1.74. The summed E-state index contributed by atoms with van der Waals surface area (Å²) in [7, 11) is 0. The van der Waals surface area contributed by atoms with E-state index in [0.717, 1.165) is 0 Å². The second-order valence-electron chi connectivity index (χ2n) is 15.1. The number of benzene rings is 2. The molecule has 11 nitrogen and oxygen atoms in total. The van der Waals surface area contributed by atoms with Crippen molar-refractivity contribution in [3.63, 3.8) is 0 Å². The average Bonchev–Trinajstić information content (AvgIpc) is 3.65. The van der Waals surface area contributed by atoms with Crippen molar-refractivity contribution in [2.75, 3.05) is 0 Å². The van der Waals surface area contributed by atoms with E-state index in [4.69, 9.17) is 33.2 Å². The maximum Gasteiger partial charge on any atom is 0.338 e. The van der Waals surface area contributed by atoms with Crippen LogP contribution in [0.1, 0.15) is 68.7 Å². The van der Waals surface area contributed by atoms with Gasteiger partial charge in [0, 0.05) is 25.7 Å². The van der Waals surface area contributed by atoms with Gasteiger partial charge in [-0.1, -0.05) is 56.8 Å². The van der Waals surface area contributed by atoms with Crippen molar-refractivity contribution in [3.8, 4) is 0 Å². The lowest BCUT2D eigenvalue weighted by Gasteiger charge is -2.62. The van der Waals surface area contributed by atoms with Gasteiger partial charge in [0.25, 0.3) is 5.97 Å². The predicted molar refractivity (Wildman–Crippen MR) is 171 cm³/mol. The highest BCUT2D eigenvalue weighted by atomic mass is 16.9. The third kappa shape index (κ3) is 4.05. The minimum Gasteiger partial charge on any atom is -0.456 e. The average molecular weight is 675 g/mol. The van der Waals surface area contributed by atoms with E-state index in [0.29, 0.717) is 17.6 Å². The van der Waals surface area contributed by atoms with Gasteiger partial charge in [-0.3, -0.25) is 4.79 Å². The second-order valence-corrected chi connectivity index (χ2v) is 15.1. The Labute approximate surface area is 284 Å². The molecule has 4 aliphatic heterocycles. The van der Waals surface area contributed by atoms with Gasteiger partial charge in [0.05, 0.1) is 22.6 Å². The zero-order valence-electron chi connectivity index (χ0n) is 28.4. The van der Waals surface area contributed by atoms with Gasteiger partial charge in [-0.15, -0.1) is 0 Å². The van der Waals surface area contributed by atoms with E-state index in [1.165, 1.54) is 6.92 Å². The van der Waals surface area contributed by atoms with Crippen LogP contribution in [0.2, 0.25) is 0 Å². The summed E-state index contributed by atoms with van der Waals surface area (Å²) in [6.07, 6.45) is -4.54. The summed E-state index contributed by atoms with van der Waals surface area (Å²) in [5.41, 5.74) is -4.68. The Balaban J connectivity index is 1.33. The number of ether oxygens (including phenoxy) is 7. The molecule has 0 aromatic heterocycles. The molecular weight excluding hydrogens is 632 g/mol. The highest BCUT2D eigenvalue weighted by Crippen LogP contribution is 2.73. The molecule has 0 radical (unpaired) electrons. The summed E-state index contributed by atoms with van der Waals surface area (Å²) in [4.78, 5) is 40.6. The van der Waals surface area contributed by atoms with Crippen LogP contribution in [-0.2, 0) is 38.0 Å². The normalized spacial score (nSPS) is 46.8. The molecular formula is C38H42O11. The van der Waals surface area contributed by atoms with Crippen LogP contribution in [0, 0.1) is 23.7 Å². The number of fused-ring (bicyclic) bond motifs is 1. The third-order valence-electron chi connectivity index (χ3n) is 12.3. The van der Waals surface area contributed by atoms with Crippen molar-refractivity contribution in [1.29, 1.82) is 0 Å². The fourth-order valence-electron chi connectivity index (χ4n) is 10.5. The molecule has 11 heteroatoms. The van der Waals surface area contributed by atoms with Gasteiger partial charge < -0.3 is 38.3 Å². The molecule has 2 aromatic carbocycles. The number of rotatable bonds is 6. The van der Waals surface area contributed by atoms with Gasteiger partial charge in [0.15, 0.2) is 11.7 Å². The van der Waals surface area contributed by atoms with Crippen LogP contribution in [0.15, 0.2) is 72.8 Å². The Kier molecular flexibility index (Phi) is 6.96. The molecule has 1 N–H and O–H groups in total. The van der Waals surface area contributed by atoms with Crippen LogP contribution in [0.4, 0.5) is 0 Å². The molecule has 4 bridgehead atoms. The molecule has 0 amide bonds. The lowest BCUT2D eigenvalue weighted by Crippen LogP contribution is -2.80. The Morgan fingerprint density at radius 3 is 1.92 bits per heavy atom. The van der Waals surface area contributed by atoms with Crippen LogP contribution in [0.5, 0.6) is 0 Å². The van der Waals surface area contributed by atoms with Gasteiger partial charge in [0.1, 0.15) is 35.6 Å². The van der Waals surface area contributed by atoms with E-state index in [1.54, 1.807) is 74.5 Å². The quantitative estimate of drug-likeness (QED) is 0.266. The van der Waals surface area contributed by atoms with Crippen molar-refractivity contribution < 1.29 is 52.6 Å². The zero-order valence-corrected chi connectivity index (χ0v) is 28.4. The first kappa shape index (κ1) is 32.6. The Bertz CT molecular complexity index is 1730. The lowest BCUT2D eigenvalue weighted by atomic mass is 9.53. The van der Waals surface area contributed by atoms with Gasteiger partial charge in [-0.05, 0) is 56.0 Å². The molecule has 4 saturated heterocycles. The molecule has 3 aliphatic carbocycles. The Hall–Kier alpha value is -3.61. The van der Waals surface area contributed by atoms with Crippen LogP contribution < -0.4 is 0 Å². The van der Waals surface area contributed by atoms with Gasteiger partial charge in [-0.25, -0.2) is 9.59 Å². The van der Waals surface area contributed by atoms with Gasteiger partial charge in [-0.2, -0.15) is 0 Å². The van der Waals surface area contributed by atoms with Gasteiger partial charge in [0.2, 0.25) is 0 Å². The van der Waals surface area contributed by atoms with Crippen molar-refractivity contribution in [3.05, 3.63) is 83.9 Å². The molecule has 49 heavy (non-hydrogen) atoms. The first-order valence-corrected chi connectivity index (χ1v) is 17.0. The van der Waals surface area contributed by atoms with E-state index in [1.807, 2.05) is 20.8 Å². The van der Waals surface area contributed by atoms with E-state index in [2.05, 4.69) is 6.58 Å². The summed E-state index contributed by atoms with van der Waals surface area (Å²) in [5, 5.41) is 13.6. The van der Waals surface area contributed by atoms with Crippen molar-refractivity contribution in [2.24, 2.45) is 23.7 Å². The van der Waals surface area contributed by atoms with Crippen molar-refractivity contribution >= 4 is 17.9 Å². The lowest BCUT2D eigenvalue weighted by molar-refractivity contribution is -0.389. The smallest absolute Gasteiger partial charge is 0.338 e. The number of hydrogen-bond donors (Lipinski definition) is 1. The molecule has 1 spiro atoms. The van der Waals surface area contributed by atoms with Crippen molar-refractivity contribution in [1.82, 2.24) is 0 Å². The molecule has 4 heterocycles. The fraction of sp³-hybridized carbons (Fsp3) is 0.553. The molecule has 9 rings (SSSR count). The molecule has 3 saturated carbocycles. The minimum absolute atomic E-state index is 0.289. The summed E-state index contributed by atoms with van der Waals surface area (Å²) in [6, 6.07) is 17.1. The number of esters is 3. The summed E-state index contributed by atoms with van der Waals surface area (Å²) in [6.45, 7) is 14.6. The molecule has 2 aromatic rings. The first-order chi connectivity index (χ1) is 23.1. The maximum absolute atomic E-state index is 14.0. The number of carbonyl (C=O) groups excluding carboxylic acids is 3. The zero-order chi connectivity index (χ0) is 34.9. The molecule has 14 atom stereocenters. The highest BCUT2D eigenvalue weighted by Gasteiger charge is 2.90. The monoisotopic (exact) mass is 674 g/mol. The topological polar surface area (TPSA) is 136 Å². The molecule has 0 unspecified atom stereocenters. The Morgan fingerprint density at radius 1 is 0.816 bits per heavy atom. The summed E-state index contributed by atoms with van der Waals surface area (Å²) >= 11 is 0. The first-order valence-electron chi connectivity index (χ1n) is 17.0. The molecule has 260 valence electrons. The van der Waals surface area contributed by atoms with Crippen LogP contribution in [0.3, 0.4) is 0 Å². The maximum atomic E-state index is 14.0. The standard InChI is InChI=1S/C38H42O11/c1-19(2)37-28-21(4)36(42)25-18-20(3)27(44-31(40)23-14-10-8-11-15-23)38(25)33(43-22(5)39)34(6,48-38)29(45-32(41)24-16-12-9-13-17-24)26(36)30(37)47-35(7,46-28)49-37/h8-17,20-21,25-30,33,42H,1,18H2,2-7H3/t20-,21+,25-,26-,27-,28-,29-,30+,33+,34+,35+,36-,37-,38+/m0/s1. The van der Waals surface area contributed by atoms with Crippen LogP contribution in [-0.4, -0.2) is 81.9 Å². The van der Waals surface area contributed by atoms with Crippen LogP contribution >= 0.6 is 0 Å². The van der Waals surface area contributed by atoms with E-state index in [9.17, 15) is 19.5 Å². The Morgan fingerprint density at radius 2 is 1.37 bits per heavy atom. The molecule has 7 fully saturated rings. The summed E-state index contributed by atoms with van der Waals surface area (Å²) in [5.74, 6) is -6.05. The number of hydrogen-bond acceptors (Lipinski definition) is 11. The highest BCUT2D eigenvalue weighted by molar-refractivity contribution is 5.90. The van der Waals surface area contributed by atoms with Crippen LogP contribution in [0.25, 0.3) is 0 Å². The van der Waals surface area contributed by atoms with E-state index in [-0.39, 0.29) is 11.5 Å². The number of aliphatic hydroxyl groups is 1. The summed E-state index contributed by atoms with van der Waals surface area (Å²) < 4.78 is 45.6. The SMILES string of the molecule is C=C(C)[C@@]12O[C@@]3(C)O[C@@H]1[C@@H]1[C@H](OC(=O)c4ccccc4)[C@@]4(C)O[C@@]5([C@@H]4OC(C)=O)[C@@H](OC(=O)c4ccccc4)[C@@H](C)C[C@H]5[C@@]1(O)[C@H](C)[C@@H]2O3. The van der Waals surface area contributed by atoms with E-state index >= 15 is 0 Å². The van der Waals surface area contributed by atoms with E-state index < -0.39 is 94.6 Å². The predicted octanol–water partition coefficient (Wildman–Crippen LogP) is 4.37. The largest absolute Gasteiger partial charge is 0.456 e. The molecule has 7 aliphatic rings. The third-order valence-corrected chi connectivity index (χ3v) is 12.3. The van der Waals surface area contributed by atoms with Crippen molar-refractivity contribution in [2.45, 2.75) is 107 Å².